The Morgan fingerprint density at radius 2 is 2.21 bits per heavy atom. The molecular weight excluding hydrogens is 344 g/mol. The fourth-order valence-electron chi connectivity index (χ4n) is 2.84. The largest absolute Gasteiger partial charge is 0.468 e. The van der Waals surface area contributed by atoms with Crippen LogP contribution in [0.25, 0.3) is 11.4 Å². The van der Waals surface area contributed by atoms with Crippen LogP contribution < -0.4 is 4.90 Å². The van der Waals surface area contributed by atoms with E-state index in [0.717, 1.165) is 30.2 Å². The molecule has 1 aromatic carbocycles. The summed E-state index contributed by atoms with van der Waals surface area (Å²) < 4.78 is 9.35. The Labute approximate surface area is 150 Å². The zero-order valence-electron chi connectivity index (χ0n) is 13.8. The number of thioether (sulfide) groups is 1. The SMILES string of the molecule is COC(=O)[C@@H]1C[NH+](Cn2nc(-c3ccccc3)n(C)c2=S)CCS1. The molecule has 0 bridgehead atoms. The van der Waals surface area contributed by atoms with E-state index >= 15 is 0 Å². The van der Waals surface area contributed by atoms with Gasteiger partial charge in [-0.15, -0.1) is 16.9 Å². The maximum atomic E-state index is 11.8. The van der Waals surface area contributed by atoms with Crippen molar-refractivity contribution in [1.29, 1.82) is 0 Å². The van der Waals surface area contributed by atoms with Crippen LogP contribution in [-0.4, -0.2) is 51.5 Å². The lowest BCUT2D eigenvalue weighted by Gasteiger charge is -2.27. The molecule has 2 atom stereocenters. The molecule has 2 heterocycles. The molecule has 1 aliphatic rings. The highest BCUT2D eigenvalue weighted by molar-refractivity contribution is 8.00. The van der Waals surface area contributed by atoms with Crippen LogP contribution in [0, 0.1) is 4.77 Å². The van der Waals surface area contributed by atoms with Crippen molar-refractivity contribution in [1.82, 2.24) is 14.3 Å². The zero-order chi connectivity index (χ0) is 17.1. The molecule has 1 unspecified atom stereocenters. The highest BCUT2D eigenvalue weighted by Gasteiger charge is 2.30. The second-order valence-corrected chi connectivity index (χ2v) is 7.45. The molecule has 0 spiro atoms. The van der Waals surface area contributed by atoms with Gasteiger partial charge in [-0.3, -0.25) is 4.79 Å². The monoisotopic (exact) mass is 365 g/mol. The van der Waals surface area contributed by atoms with Gasteiger partial charge in [0.15, 0.2) is 17.7 Å². The summed E-state index contributed by atoms with van der Waals surface area (Å²) in [6, 6.07) is 10.0. The third-order valence-corrected chi connectivity index (χ3v) is 5.84. The number of esters is 1. The van der Waals surface area contributed by atoms with Crippen LogP contribution in [0.3, 0.4) is 0 Å². The third-order valence-electron chi connectivity index (χ3n) is 4.16. The van der Waals surface area contributed by atoms with Gasteiger partial charge < -0.3 is 14.2 Å². The smallest absolute Gasteiger partial charge is 0.324 e. The van der Waals surface area contributed by atoms with Crippen molar-refractivity contribution in [2.45, 2.75) is 11.9 Å². The Balaban J connectivity index is 1.79. The summed E-state index contributed by atoms with van der Waals surface area (Å²) in [6.45, 7) is 2.38. The highest BCUT2D eigenvalue weighted by atomic mass is 32.2. The van der Waals surface area contributed by atoms with Crippen LogP contribution >= 0.6 is 24.0 Å². The van der Waals surface area contributed by atoms with Crippen LogP contribution in [0.5, 0.6) is 0 Å². The van der Waals surface area contributed by atoms with E-state index in [2.05, 4.69) is 0 Å². The first kappa shape index (κ1) is 17.2. The van der Waals surface area contributed by atoms with E-state index in [9.17, 15) is 4.79 Å². The molecule has 1 N–H and O–H groups in total. The second kappa shape index (κ2) is 7.50. The molecule has 0 radical (unpaired) electrons. The van der Waals surface area contributed by atoms with Crippen molar-refractivity contribution in [3.05, 3.63) is 35.1 Å². The molecule has 0 aliphatic carbocycles. The van der Waals surface area contributed by atoms with Crippen molar-refractivity contribution in [2.24, 2.45) is 7.05 Å². The lowest BCUT2D eigenvalue weighted by molar-refractivity contribution is -0.921. The fraction of sp³-hybridized carbons (Fsp3) is 0.438. The normalized spacial score (nSPS) is 20.8. The number of carbonyl (C=O) groups excluding carboxylic acids is 1. The van der Waals surface area contributed by atoms with Crippen molar-refractivity contribution in [3.8, 4) is 11.4 Å². The lowest BCUT2D eigenvalue weighted by atomic mass is 10.2. The number of hydrogen-bond donors (Lipinski definition) is 1. The predicted molar refractivity (Wildman–Crippen MR) is 96.4 cm³/mol. The minimum Gasteiger partial charge on any atom is -0.468 e. The second-order valence-electron chi connectivity index (χ2n) is 5.78. The minimum atomic E-state index is -0.146. The van der Waals surface area contributed by atoms with E-state index in [0.29, 0.717) is 11.4 Å². The molecule has 128 valence electrons. The van der Waals surface area contributed by atoms with Crippen LogP contribution in [0.1, 0.15) is 0 Å². The Morgan fingerprint density at radius 1 is 1.46 bits per heavy atom. The van der Waals surface area contributed by atoms with Gasteiger partial charge in [-0.2, -0.15) is 4.68 Å². The molecule has 8 heteroatoms. The van der Waals surface area contributed by atoms with Gasteiger partial charge in [-0.1, -0.05) is 30.3 Å². The van der Waals surface area contributed by atoms with Crippen molar-refractivity contribution < 1.29 is 14.4 Å². The first-order chi connectivity index (χ1) is 11.6. The molecule has 1 aromatic heterocycles. The maximum Gasteiger partial charge on any atom is 0.324 e. The molecular formula is C16H21N4O2S2+. The van der Waals surface area contributed by atoms with E-state index in [1.165, 1.54) is 12.0 Å². The summed E-state index contributed by atoms with van der Waals surface area (Å²) in [5.41, 5.74) is 1.04. The molecule has 1 fully saturated rings. The van der Waals surface area contributed by atoms with E-state index < -0.39 is 0 Å². The number of rotatable bonds is 4. The number of aromatic nitrogens is 3. The Hall–Kier alpha value is -1.64. The Morgan fingerprint density at radius 3 is 2.92 bits per heavy atom. The van der Waals surface area contributed by atoms with Gasteiger partial charge >= 0.3 is 5.97 Å². The Kier molecular flexibility index (Phi) is 5.37. The molecule has 24 heavy (non-hydrogen) atoms. The van der Waals surface area contributed by atoms with Crippen molar-refractivity contribution in [3.63, 3.8) is 0 Å². The predicted octanol–water partition coefficient (Wildman–Crippen LogP) is 0.749. The summed E-state index contributed by atoms with van der Waals surface area (Å²) in [4.78, 5) is 13.1. The lowest BCUT2D eigenvalue weighted by Crippen LogP contribution is -3.14. The van der Waals surface area contributed by atoms with E-state index in [-0.39, 0.29) is 11.2 Å². The maximum absolute atomic E-state index is 11.8. The van der Waals surface area contributed by atoms with Crippen LogP contribution in [0.4, 0.5) is 0 Å². The first-order valence-corrected chi connectivity index (χ1v) is 9.28. The number of nitrogens with zero attached hydrogens (tertiary/aromatic N) is 3. The van der Waals surface area contributed by atoms with Crippen molar-refractivity contribution >= 4 is 29.9 Å². The number of ether oxygens (including phenoxy) is 1. The van der Waals surface area contributed by atoms with Gasteiger partial charge in [0.25, 0.3) is 0 Å². The number of nitrogens with one attached hydrogen (secondary N) is 1. The number of carbonyl (C=O) groups is 1. The number of benzene rings is 1. The summed E-state index contributed by atoms with van der Waals surface area (Å²) in [5.74, 6) is 1.64. The van der Waals surface area contributed by atoms with Crippen molar-refractivity contribution in [2.75, 3.05) is 26.0 Å². The average Bonchev–Trinajstić information content (AvgIpc) is 2.90. The van der Waals surface area contributed by atoms with Gasteiger partial charge in [0, 0.05) is 18.4 Å². The molecule has 2 aromatic rings. The summed E-state index contributed by atoms with van der Waals surface area (Å²) in [7, 11) is 3.38. The molecule has 0 amide bonds. The van der Waals surface area contributed by atoms with Crippen LogP contribution in [0.15, 0.2) is 30.3 Å². The van der Waals surface area contributed by atoms with Crippen LogP contribution in [-0.2, 0) is 23.2 Å². The summed E-state index contributed by atoms with van der Waals surface area (Å²) in [6.07, 6.45) is 0. The molecule has 1 aliphatic heterocycles. The van der Waals surface area contributed by atoms with Gasteiger partial charge in [0.05, 0.1) is 13.7 Å². The zero-order valence-corrected chi connectivity index (χ0v) is 15.4. The fourth-order valence-corrected chi connectivity index (χ4v) is 4.31. The first-order valence-electron chi connectivity index (χ1n) is 7.82. The van der Waals surface area contributed by atoms with Gasteiger partial charge in [0.1, 0.15) is 6.54 Å². The standard InChI is InChI=1S/C16H20N4O2S2/c1-18-14(12-6-4-3-5-7-12)17-20(16(18)23)11-19-8-9-24-13(10-19)15(21)22-2/h3-7,13H,8-11H2,1-2H3/p+1/t13-/m0/s1. The average molecular weight is 366 g/mol. The molecule has 6 nitrogen and oxygen atoms in total. The number of hydrogen-bond acceptors (Lipinski definition) is 5. The van der Waals surface area contributed by atoms with E-state index in [1.54, 1.807) is 11.8 Å². The molecule has 0 saturated carbocycles. The van der Waals surface area contributed by atoms with E-state index in [4.69, 9.17) is 22.1 Å². The van der Waals surface area contributed by atoms with Gasteiger partial charge in [0.2, 0.25) is 4.77 Å². The van der Waals surface area contributed by atoms with Crippen LogP contribution in [0.2, 0.25) is 0 Å². The summed E-state index contributed by atoms with van der Waals surface area (Å²) in [5, 5.41) is 4.59. The molecule has 3 rings (SSSR count). The van der Waals surface area contributed by atoms with E-state index in [1.807, 2.05) is 46.6 Å². The highest BCUT2D eigenvalue weighted by Crippen LogP contribution is 2.16. The topological polar surface area (TPSA) is 53.5 Å². The third kappa shape index (κ3) is 3.55. The Bertz CT molecular complexity index is 772. The molecule has 1 saturated heterocycles. The van der Waals surface area contributed by atoms with Gasteiger partial charge in [-0.05, 0) is 12.2 Å². The summed E-state index contributed by atoms with van der Waals surface area (Å²) >= 11 is 7.20. The number of quaternary nitrogens is 1. The quantitative estimate of drug-likeness (QED) is 0.640. The minimum absolute atomic E-state index is 0.106. The number of methoxy groups -OCH3 is 1. The van der Waals surface area contributed by atoms with Gasteiger partial charge in [-0.25, -0.2) is 0 Å².